The van der Waals surface area contributed by atoms with Crippen LogP contribution in [0.15, 0.2) is 83.9 Å². The zero-order valence-electron chi connectivity index (χ0n) is 19.1. The molecule has 0 saturated heterocycles. The zero-order valence-corrected chi connectivity index (χ0v) is 19.1. The maximum absolute atomic E-state index is 13.5. The summed E-state index contributed by atoms with van der Waals surface area (Å²) in [6.07, 6.45) is -1.25. The lowest BCUT2D eigenvalue weighted by molar-refractivity contribution is -0.137. The molecule has 0 unspecified atom stereocenters. The number of benzene rings is 2. The maximum atomic E-state index is 13.5. The van der Waals surface area contributed by atoms with E-state index in [9.17, 15) is 22.8 Å². The van der Waals surface area contributed by atoms with Crippen LogP contribution in [-0.4, -0.2) is 20.7 Å². The van der Waals surface area contributed by atoms with Crippen molar-refractivity contribution in [2.75, 3.05) is 0 Å². The van der Waals surface area contributed by atoms with Crippen molar-refractivity contribution >= 4 is 5.91 Å². The number of nitrogens with one attached hydrogen (secondary N) is 1. The van der Waals surface area contributed by atoms with Crippen LogP contribution in [0.25, 0.3) is 5.69 Å². The molecule has 2 aromatic carbocycles. The molecule has 0 spiro atoms. The van der Waals surface area contributed by atoms with Crippen LogP contribution in [0.5, 0.6) is 5.75 Å². The second kappa shape index (κ2) is 10.4. The van der Waals surface area contributed by atoms with Gasteiger partial charge in [-0.15, -0.1) is 0 Å². The number of hydrogen-bond acceptors (Lipinski definition) is 5. The van der Waals surface area contributed by atoms with Crippen LogP contribution in [0.2, 0.25) is 0 Å². The van der Waals surface area contributed by atoms with E-state index < -0.39 is 28.8 Å². The number of nitrogens with zero attached hydrogens (tertiary/aromatic N) is 3. The summed E-state index contributed by atoms with van der Waals surface area (Å²) in [6, 6.07) is 16.6. The third-order valence-corrected chi connectivity index (χ3v) is 5.26. The van der Waals surface area contributed by atoms with Gasteiger partial charge in [-0.05, 0) is 42.8 Å². The van der Waals surface area contributed by atoms with Gasteiger partial charge in [0.25, 0.3) is 5.91 Å². The molecule has 0 aliphatic rings. The van der Waals surface area contributed by atoms with Crippen molar-refractivity contribution < 1.29 is 22.7 Å². The number of para-hydroxylation sites is 1. The smallest absolute Gasteiger partial charge is 0.418 e. The van der Waals surface area contributed by atoms with Gasteiger partial charge in [0, 0.05) is 36.3 Å². The summed E-state index contributed by atoms with van der Waals surface area (Å²) in [5.74, 6) is -0.171. The number of alkyl halides is 3. The molecule has 4 rings (SSSR count). The first-order chi connectivity index (χ1) is 17.2. The molecule has 184 valence electrons. The minimum absolute atomic E-state index is 0.0792. The van der Waals surface area contributed by atoms with Crippen molar-refractivity contribution in [1.29, 1.82) is 0 Å². The second-order valence-electron chi connectivity index (χ2n) is 7.90. The molecule has 0 radical (unpaired) electrons. The Morgan fingerprint density at radius 1 is 1.03 bits per heavy atom. The number of aromatic nitrogens is 3. The average molecular weight is 494 g/mol. The molecule has 0 bridgehead atoms. The van der Waals surface area contributed by atoms with Gasteiger partial charge in [0.15, 0.2) is 5.69 Å². The van der Waals surface area contributed by atoms with E-state index in [2.05, 4.69) is 15.4 Å². The van der Waals surface area contributed by atoms with Crippen molar-refractivity contribution in [3.05, 3.63) is 117 Å². The molecule has 0 saturated carbocycles. The molecule has 0 aliphatic heterocycles. The molecule has 1 N–H and O–H groups in total. The number of carbonyl (C=O) groups is 1. The van der Waals surface area contributed by atoms with Crippen LogP contribution >= 0.6 is 0 Å². The Hall–Kier alpha value is -4.47. The van der Waals surface area contributed by atoms with Gasteiger partial charge in [0.05, 0.1) is 11.3 Å². The highest BCUT2D eigenvalue weighted by Gasteiger charge is 2.34. The van der Waals surface area contributed by atoms with E-state index in [0.29, 0.717) is 12.4 Å². The highest BCUT2D eigenvalue weighted by molar-refractivity contribution is 5.92. The van der Waals surface area contributed by atoms with Crippen LogP contribution in [-0.2, 0) is 19.3 Å². The van der Waals surface area contributed by atoms with Crippen LogP contribution in [0.3, 0.4) is 0 Å². The third-order valence-electron chi connectivity index (χ3n) is 5.26. The number of halogens is 3. The lowest BCUT2D eigenvalue weighted by atomic mass is 10.1. The Morgan fingerprint density at radius 2 is 1.78 bits per heavy atom. The first-order valence-corrected chi connectivity index (χ1v) is 10.9. The van der Waals surface area contributed by atoms with E-state index in [-0.39, 0.29) is 17.9 Å². The van der Waals surface area contributed by atoms with E-state index in [1.54, 1.807) is 36.7 Å². The zero-order chi connectivity index (χ0) is 25.7. The van der Waals surface area contributed by atoms with E-state index >= 15 is 0 Å². The predicted octanol–water partition coefficient (Wildman–Crippen LogP) is 4.46. The summed E-state index contributed by atoms with van der Waals surface area (Å²) in [4.78, 5) is 29.1. The van der Waals surface area contributed by atoms with Gasteiger partial charge in [0.2, 0.25) is 5.43 Å². The fraction of sp³-hybridized carbons (Fsp3) is 0.154. The highest BCUT2D eigenvalue weighted by Crippen LogP contribution is 2.33. The van der Waals surface area contributed by atoms with Crippen LogP contribution in [0.1, 0.15) is 32.9 Å². The first kappa shape index (κ1) is 24.6. The minimum atomic E-state index is -4.63. The molecule has 0 aliphatic carbocycles. The number of pyridine rings is 1. The topological polar surface area (TPSA) is 86.1 Å². The molecule has 0 fully saturated rings. The van der Waals surface area contributed by atoms with E-state index in [1.807, 2.05) is 12.1 Å². The van der Waals surface area contributed by atoms with Gasteiger partial charge in [-0.2, -0.15) is 18.3 Å². The van der Waals surface area contributed by atoms with Gasteiger partial charge in [-0.1, -0.05) is 30.3 Å². The molecule has 2 aromatic heterocycles. The van der Waals surface area contributed by atoms with Crippen LogP contribution in [0, 0.1) is 6.92 Å². The number of carbonyl (C=O) groups excluding carboxylic acids is 1. The molecule has 4 aromatic rings. The summed E-state index contributed by atoms with van der Waals surface area (Å²) in [5.41, 5.74) is -0.594. The van der Waals surface area contributed by atoms with Crippen molar-refractivity contribution in [2.45, 2.75) is 26.3 Å². The summed E-state index contributed by atoms with van der Waals surface area (Å²) in [5, 5.41) is 6.55. The SMILES string of the molecule is Cc1cc(=O)c(C(=O)NCc2ccc(OCc3cccnc3)cc2)nn1-c1ccccc1C(F)(F)F. The molecular formula is C26H21F3N4O3. The van der Waals surface area contributed by atoms with E-state index in [1.165, 1.54) is 25.1 Å². The summed E-state index contributed by atoms with van der Waals surface area (Å²) >= 11 is 0. The van der Waals surface area contributed by atoms with Gasteiger partial charge in [0.1, 0.15) is 12.4 Å². The second-order valence-corrected chi connectivity index (χ2v) is 7.90. The Balaban J connectivity index is 1.47. The number of ether oxygens (including phenoxy) is 1. The fourth-order valence-corrected chi connectivity index (χ4v) is 3.47. The largest absolute Gasteiger partial charge is 0.489 e. The molecule has 2 heterocycles. The van der Waals surface area contributed by atoms with Crippen LogP contribution in [0.4, 0.5) is 13.2 Å². The number of hydrogen-bond donors (Lipinski definition) is 1. The van der Waals surface area contributed by atoms with Gasteiger partial charge in [-0.3, -0.25) is 14.6 Å². The average Bonchev–Trinajstić information content (AvgIpc) is 2.87. The van der Waals surface area contributed by atoms with E-state index in [4.69, 9.17) is 4.74 Å². The molecular weight excluding hydrogens is 473 g/mol. The summed E-state index contributed by atoms with van der Waals surface area (Å²) in [6.45, 7) is 1.88. The number of aryl methyl sites for hydroxylation is 1. The van der Waals surface area contributed by atoms with Gasteiger partial charge < -0.3 is 10.1 Å². The van der Waals surface area contributed by atoms with E-state index in [0.717, 1.165) is 27.9 Å². The molecule has 10 heteroatoms. The monoisotopic (exact) mass is 494 g/mol. The molecule has 7 nitrogen and oxygen atoms in total. The summed E-state index contributed by atoms with van der Waals surface area (Å²) < 4.78 is 47.1. The quantitative estimate of drug-likeness (QED) is 0.410. The Kier molecular flexibility index (Phi) is 7.14. The fourth-order valence-electron chi connectivity index (χ4n) is 3.47. The Bertz CT molecular complexity index is 1420. The molecule has 1 amide bonds. The Labute approximate surface area is 204 Å². The van der Waals surface area contributed by atoms with Crippen LogP contribution < -0.4 is 15.5 Å². The number of amides is 1. The van der Waals surface area contributed by atoms with Crippen molar-refractivity contribution in [1.82, 2.24) is 20.1 Å². The highest BCUT2D eigenvalue weighted by atomic mass is 19.4. The normalized spacial score (nSPS) is 11.2. The van der Waals surface area contributed by atoms with Gasteiger partial charge >= 0.3 is 6.18 Å². The summed E-state index contributed by atoms with van der Waals surface area (Å²) in [7, 11) is 0. The third kappa shape index (κ3) is 5.77. The molecule has 0 atom stereocenters. The lowest BCUT2D eigenvalue weighted by Gasteiger charge is -2.16. The standard InChI is InChI=1S/C26H21F3N4O3/c1-17-13-23(34)24(32-33(17)22-7-3-2-6-21(22)26(27,28)29)25(35)31-15-18-8-10-20(11-9-18)36-16-19-5-4-12-30-14-19/h2-14H,15-16H2,1H3,(H,31,35). The maximum Gasteiger partial charge on any atom is 0.418 e. The first-order valence-electron chi connectivity index (χ1n) is 10.9. The molecule has 36 heavy (non-hydrogen) atoms. The number of rotatable bonds is 7. The lowest BCUT2D eigenvalue weighted by Crippen LogP contribution is -2.32. The van der Waals surface area contributed by atoms with Gasteiger partial charge in [-0.25, -0.2) is 4.68 Å². The van der Waals surface area contributed by atoms with Crippen molar-refractivity contribution in [3.8, 4) is 11.4 Å². The predicted molar refractivity (Wildman–Crippen MR) is 126 cm³/mol. The van der Waals surface area contributed by atoms with Crippen molar-refractivity contribution in [3.63, 3.8) is 0 Å². The minimum Gasteiger partial charge on any atom is -0.489 e. The Morgan fingerprint density at radius 3 is 2.47 bits per heavy atom. The van der Waals surface area contributed by atoms with Crippen molar-refractivity contribution in [2.24, 2.45) is 0 Å².